The highest BCUT2D eigenvalue weighted by Crippen LogP contribution is 2.52. The number of carbonyl (C=O) groups excluding carboxylic acids is 2. The first-order valence-corrected chi connectivity index (χ1v) is 7.35. The molecule has 2 bridgehead atoms. The number of hydrogen-bond acceptors (Lipinski definition) is 3. The fraction of sp³-hybridized carbons (Fsp3) is 0.667. The van der Waals surface area contributed by atoms with Crippen LogP contribution in [0.1, 0.15) is 32.1 Å². The number of fused-ring (bicyclic) bond motifs is 5. The number of carboxylic acid groups (broad SMARTS) is 1. The minimum Gasteiger partial charge on any atom is -0.481 e. The summed E-state index contributed by atoms with van der Waals surface area (Å²) in [4.78, 5) is 36.5. The van der Waals surface area contributed by atoms with Gasteiger partial charge in [-0.3, -0.25) is 19.3 Å². The first-order chi connectivity index (χ1) is 9.59. The third kappa shape index (κ3) is 2.05. The smallest absolute Gasteiger partial charge is 0.303 e. The molecule has 2 amide bonds. The lowest BCUT2D eigenvalue weighted by Crippen LogP contribution is -2.33. The molecule has 2 unspecified atom stereocenters. The maximum atomic E-state index is 12.3. The minimum atomic E-state index is -0.796. The van der Waals surface area contributed by atoms with Gasteiger partial charge in [-0.15, -0.1) is 0 Å². The first-order valence-electron chi connectivity index (χ1n) is 7.35. The minimum absolute atomic E-state index is 0.00455. The zero-order chi connectivity index (χ0) is 14.3. The molecule has 3 aliphatic rings. The molecular formula is C15H19NO4. The zero-order valence-electron chi connectivity index (χ0n) is 11.3. The number of allylic oxidation sites excluding steroid dienone is 2. The van der Waals surface area contributed by atoms with E-state index in [1.54, 1.807) is 0 Å². The molecule has 0 aromatic carbocycles. The van der Waals surface area contributed by atoms with E-state index in [1.165, 1.54) is 4.90 Å². The van der Waals surface area contributed by atoms with E-state index < -0.39 is 5.97 Å². The number of amides is 2. The van der Waals surface area contributed by atoms with Crippen molar-refractivity contribution in [1.29, 1.82) is 0 Å². The summed E-state index contributed by atoms with van der Waals surface area (Å²) < 4.78 is 0. The lowest BCUT2D eigenvalue weighted by Gasteiger charge is -2.16. The van der Waals surface area contributed by atoms with Gasteiger partial charge in [-0.1, -0.05) is 18.6 Å². The van der Waals surface area contributed by atoms with Crippen LogP contribution in [0.25, 0.3) is 0 Å². The van der Waals surface area contributed by atoms with E-state index >= 15 is 0 Å². The average Bonchev–Trinajstić information content (AvgIpc) is 3.06. The summed E-state index contributed by atoms with van der Waals surface area (Å²) in [6.07, 6.45) is 7.34. The molecule has 1 saturated heterocycles. The third-order valence-corrected chi connectivity index (χ3v) is 4.83. The molecule has 0 aromatic rings. The quantitative estimate of drug-likeness (QED) is 0.453. The predicted molar refractivity (Wildman–Crippen MR) is 70.5 cm³/mol. The SMILES string of the molecule is O=C(O)CCCCCN1C(=O)C2C(C1=O)[C@H]1C=C[C@@H]2C1. The van der Waals surface area contributed by atoms with Gasteiger partial charge in [-0.05, 0) is 31.1 Å². The Balaban J connectivity index is 1.53. The van der Waals surface area contributed by atoms with Crippen molar-refractivity contribution >= 4 is 17.8 Å². The summed E-state index contributed by atoms with van der Waals surface area (Å²) in [5.74, 6) is -0.509. The summed E-state index contributed by atoms with van der Waals surface area (Å²) in [6.45, 7) is 0.448. The molecule has 0 spiro atoms. The van der Waals surface area contributed by atoms with Crippen molar-refractivity contribution in [1.82, 2.24) is 4.90 Å². The fourth-order valence-corrected chi connectivity index (χ4v) is 3.91. The summed E-state index contributed by atoms with van der Waals surface area (Å²) in [5.41, 5.74) is 0. The Kier molecular flexibility index (Phi) is 3.36. The second-order valence-electron chi connectivity index (χ2n) is 6.03. The fourth-order valence-electron chi connectivity index (χ4n) is 3.91. The molecule has 5 nitrogen and oxygen atoms in total. The Hall–Kier alpha value is -1.65. The molecule has 20 heavy (non-hydrogen) atoms. The normalized spacial score (nSPS) is 34.1. The first kappa shape index (κ1) is 13.3. The molecule has 1 saturated carbocycles. The van der Waals surface area contributed by atoms with Crippen LogP contribution in [0, 0.1) is 23.7 Å². The van der Waals surface area contributed by atoms with Gasteiger partial charge in [-0.2, -0.15) is 0 Å². The van der Waals surface area contributed by atoms with E-state index in [9.17, 15) is 14.4 Å². The van der Waals surface area contributed by atoms with Crippen LogP contribution < -0.4 is 0 Å². The van der Waals surface area contributed by atoms with Gasteiger partial charge in [0.25, 0.3) is 0 Å². The van der Waals surface area contributed by atoms with Gasteiger partial charge in [-0.25, -0.2) is 0 Å². The van der Waals surface area contributed by atoms with E-state index in [4.69, 9.17) is 5.11 Å². The van der Waals surface area contributed by atoms with E-state index in [-0.39, 0.29) is 41.9 Å². The van der Waals surface area contributed by atoms with Crippen molar-refractivity contribution in [3.8, 4) is 0 Å². The van der Waals surface area contributed by atoms with Crippen LogP contribution in [-0.4, -0.2) is 34.3 Å². The molecule has 0 aromatic heterocycles. The number of likely N-dealkylation sites (tertiary alicyclic amines) is 1. The maximum absolute atomic E-state index is 12.3. The van der Waals surface area contributed by atoms with Crippen LogP contribution in [0.15, 0.2) is 12.2 Å². The van der Waals surface area contributed by atoms with E-state index in [2.05, 4.69) is 12.2 Å². The molecule has 1 N–H and O–H groups in total. The largest absolute Gasteiger partial charge is 0.481 e. The summed E-state index contributed by atoms with van der Waals surface area (Å²) in [5, 5.41) is 8.56. The molecular weight excluding hydrogens is 258 g/mol. The standard InChI is InChI=1S/C15H19NO4/c17-11(18)4-2-1-3-7-16-14(19)12-9-5-6-10(8-9)13(12)15(16)20/h5-6,9-10,12-13H,1-4,7-8H2,(H,17,18)/t9-,10+,12?,13?. The number of aliphatic carboxylic acids is 1. The van der Waals surface area contributed by atoms with Gasteiger partial charge >= 0.3 is 5.97 Å². The van der Waals surface area contributed by atoms with Crippen molar-refractivity contribution in [2.24, 2.45) is 23.7 Å². The highest BCUT2D eigenvalue weighted by atomic mass is 16.4. The highest BCUT2D eigenvalue weighted by Gasteiger charge is 2.58. The molecule has 2 aliphatic carbocycles. The van der Waals surface area contributed by atoms with E-state index in [0.29, 0.717) is 19.4 Å². The van der Waals surface area contributed by atoms with Gasteiger partial charge in [0.2, 0.25) is 11.8 Å². The van der Waals surface area contributed by atoms with Crippen LogP contribution in [0.4, 0.5) is 0 Å². The van der Waals surface area contributed by atoms with Gasteiger partial charge in [0.1, 0.15) is 0 Å². The molecule has 3 rings (SSSR count). The predicted octanol–water partition coefficient (Wildman–Crippen LogP) is 1.44. The van der Waals surface area contributed by atoms with Gasteiger partial charge < -0.3 is 5.11 Å². The number of rotatable bonds is 6. The summed E-state index contributed by atoms with van der Waals surface area (Å²) >= 11 is 0. The van der Waals surface area contributed by atoms with Crippen molar-refractivity contribution in [2.45, 2.75) is 32.1 Å². The van der Waals surface area contributed by atoms with Crippen LogP contribution in [-0.2, 0) is 14.4 Å². The second-order valence-corrected chi connectivity index (χ2v) is 6.03. The van der Waals surface area contributed by atoms with Crippen molar-refractivity contribution in [3.05, 3.63) is 12.2 Å². The molecule has 108 valence electrons. The summed E-state index contributed by atoms with van der Waals surface area (Å²) in [6, 6.07) is 0. The molecule has 4 atom stereocenters. The number of carboxylic acids is 1. The number of hydrogen-bond donors (Lipinski definition) is 1. The number of imide groups is 1. The number of unbranched alkanes of at least 4 members (excludes halogenated alkanes) is 2. The lowest BCUT2D eigenvalue weighted by atomic mass is 9.85. The molecule has 5 heteroatoms. The van der Waals surface area contributed by atoms with Crippen molar-refractivity contribution in [2.75, 3.05) is 6.54 Å². The van der Waals surface area contributed by atoms with Crippen molar-refractivity contribution < 1.29 is 19.5 Å². The van der Waals surface area contributed by atoms with Crippen LogP contribution >= 0.6 is 0 Å². The number of carbonyl (C=O) groups is 3. The van der Waals surface area contributed by atoms with Crippen LogP contribution in [0.3, 0.4) is 0 Å². The van der Waals surface area contributed by atoms with Gasteiger partial charge in [0.15, 0.2) is 0 Å². The monoisotopic (exact) mass is 277 g/mol. The Morgan fingerprint density at radius 1 is 1.10 bits per heavy atom. The molecule has 0 radical (unpaired) electrons. The van der Waals surface area contributed by atoms with Gasteiger partial charge in [0, 0.05) is 13.0 Å². The Morgan fingerprint density at radius 2 is 1.70 bits per heavy atom. The Bertz CT molecular complexity index is 454. The van der Waals surface area contributed by atoms with Crippen LogP contribution in [0.2, 0.25) is 0 Å². The topological polar surface area (TPSA) is 74.7 Å². The maximum Gasteiger partial charge on any atom is 0.303 e. The van der Waals surface area contributed by atoms with E-state index in [0.717, 1.165) is 12.8 Å². The highest BCUT2D eigenvalue weighted by molar-refractivity contribution is 6.06. The second kappa shape index (κ2) is 5.04. The molecule has 1 heterocycles. The van der Waals surface area contributed by atoms with Gasteiger partial charge in [0.05, 0.1) is 11.8 Å². The molecule has 2 fully saturated rings. The zero-order valence-corrected chi connectivity index (χ0v) is 11.3. The molecule has 1 aliphatic heterocycles. The van der Waals surface area contributed by atoms with E-state index in [1.807, 2.05) is 0 Å². The average molecular weight is 277 g/mol. The Morgan fingerprint density at radius 3 is 2.25 bits per heavy atom. The third-order valence-electron chi connectivity index (χ3n) is 4.83. The summed E-state index contributed by atoms with van der Waals surface area (Å²) in [7, 11) is 0. The number of nitrogens with zero attached hydrogens (tertiary/aromatic N) is 1. The lowest BCUT2D eigenvalue weighted by molar-refractivity contribution is -0.141. The Labute approximate surface area is 117 Å². The van der Waals surface area contributed by atoms with Crippen LogP contribution in [0.5, 0.6) is 0 Å². The van der Waals surface area contributed by atoms with Crippen molar-refractivity contribution in [3.63, 3.8) is 0 Å².